The first kappa shape index (κ1) is 29.1. The van der Waals surface area contributed by atoms with Gasteiger partial charge in [-0.1, -0.05) is 88.7 Å². The van der Waals surface area contributed by atoms with E-state index in [4.69, 9.17) is 4.74 Å². The molecule has 1 aromatic heterocycles. The molecule has 3 nitrogen and oxygen atoms in total. The molecule has 186 valence electrons. The molecule has 0 aromatic carbocycles. The minimum atomic E-state index is -0.108. The lowest BCUT2D eigenvalue weighted by atomic mass is 10.1. The zero-order valence-electron chi connectivity index (χ0n) is 21.3. The molecule has 0 aliphatic carbocycles. The Kier molecular flexibility index (Phi) is 20.5. The van der Waals surface area contributed by atoms with Gasteiger partial charge < -0.3 is 4.74 Å². The SMILES string of the molecule is CCCCCC/C=C\CCCCCCCC/C=C\CCCCCC(=O)OCc1cccnc1. The van der Waals surface area contributed by atoms with Crippen LogP contribution in [-0.2, 0) is 16.1 Å². The Hall–Kier alpha value is -1.90. The number of pyridine rings is 1. The van der Waals surface area contributed by atoms with Crippen molar-refractivity contribution in [1.82, 2.24) is 4.98 Å². The van der Waals surface area contributed by atoms with Gasteiger partial charge in [-0.2, -0.15) is 0 Å². The number of carbonyl (C=O) groups excluding carboxylic acids is 1. The van der Waals surface area contributed by atoms with Gasteiger partial charge in [-0.05, 0) is 63.9 Å². The number of allylic oxidation sites excluding steroid dienone is 4. The lowest BCUT2D eigenvalue weighted by Crippen LogP contribution is -2.04. The summed E-state index contributed by atoms with van der Waals surface area (Å²) in [6.45, 7) is 2.60. The van der Waals surface area contributed by atoms with Crippen molar-refractivity contribution in [3.05, 3.63) is 54.4 Å². The summed E-state index contributed by atoms with van der Waals surface area (Å²) in [7, 11) is 0. The number of carbonyl (C=O) groups is 1. The molecule has 1 heterocycles. The first-order valence-electron chi connectivity index (χ1n) is 13.7. The van der Waals surface area contributed by atoms with Gasteiger partial charge >= 0.3 is 5.97 Å². The maximum absolute atomic E-state index is 11.8. The molecule has 0 unspecified atom stereocenters. The second-order valence-electron chi connectivity index (χ2n) is 9.11. The van der Waals surface area contributed by atoms with Gasteiger partial charge in [0.05, 0.1) is 0 Å². The molecule has 0 spiro atoms. The van der Waals surface area contributed by atoms with Gasteiger partial charge in [0, 0.05) is 24.4 Å². The van der Waals surface area contributed by atoms with Crippen molar-refractivity contribution >= 4 is 5.97 Å². The molecule has 0 saturated carbocycles. The number of nitrogens with zero attached hydrogens (tertiary/aromatic N) is 1. The molecule has 0 aliphatic heterocycles. The molecule has 0 atom stereocenters. The highest BCUT2D eigenvalue weighted by Gasteiger charge is 2.03. The van der Waals surface area contributed by atoms with Crippen LogP contribution in [0.2, 0.25) is 0 Å². The quantitative estimate of drug-likeness (QED) is 0.0993. The van der Waals surface area contributed by atoms with Crippen LogP contribution in [0.1, 0.15) is 128 Å². The summed E-state index contributed by atoms with van der Waals surface area (Å²) < 4.78 is 5.28. The summed E-state index contributed by atoms with van der Waals surface area (Å²) in [6.07, 6.45) is 35.1. The van der Waals surface area contributed by atoms with Crippen molar-refractivity contribution in [2.45, 2.75) is 129 Å². The van der Waals surface area contributed by atoms with Gasteiger partial charge in [0.25, 0.3) is 0 Å². The molecule has 1 rings (SSSR count). The van der Waals surface area contributed by atoms with E-state index in [0.717, 1.165) is 31.2 Å². The number of rotatable bonds is 22. The van der Waals surface area contributed by atoms with Crippen molar-refractivity contribution in [3.63, 3.8) is 0 Å². The summed E-state index contributed by atoms with van der Waals surface area (Å²) in [5.41, 5.74) is 0.937. The lowest BCUT2D eigenvalue weighted by molar-refractivity contribution is -0.145. The van der Waals surface area contributed by atoms with Crippen LogP contribution >= 0.6 is 0 Å². The van der Waals surface area contributed by atoms with Crippen LogP contribution in [-0.4, -0.2) is 11.0 Å². The Morgan fingerprint density at radius 3 is 1.79 bits per heavy atom. The monoisotopic (exact) mass is 455 g/mol. The van der Waals surface area contributed by atoms with Gasteiger partial charge in [0.1, 0.15) is 6.61 Å². The highest BCUT2D eigenvalue weighted by Crippen LogP contribution is 2.11. The summed E-state index contributed by atoms with van der Waals surface area (Å²) in [5, 5.41) is 0. The highest BCUT2D eigenvalue weighted by atomic mass is 16.5. The van der Waals surface area contributed by atoms with E-state index in [1.165, 1.54) is 83.5 Å². The van der Waals surface area contributed by atoms with E-state index in [-0.39, 0.29) is 5.97 Å². The first-order valence-corrected chi connectivity index (χ1v) is 13.7. The minimum Gasteiger partial charge on any atom is -0.461 e. The predicted octanol–water partition coefficient (Wildman–Crippen LogP) is 9.28. The van der Waals surface area contributed by atoms with E-state index in [1.54, 1.807) is 12.4 Å². The van der Waals surface area contributed by atoms with Gasteiger partial charge in [-0.15, -0.1) is 0 Å². The van der Waals surface area contributed by atoms with Crippen molar-refractivity contribution in [1.29, 1.82) is 0 Å². The fourth-order valence-corrected chi connectivity index (χ4v) is 3.82. The van der Waals surface area contributed by atoms with Crippen LogP contribution in [0.5, 0.6) is 0 Å². The molecule has 0 amide bonds. The summed E-state index contributed by atoms with van der Waals surface area (Å²) in [5.74, 6) is -0.108. The molecule has 1 aromatic rings. The molecule has 0 radical (unpaired) electrons. The van der Waals surface area contributed by atoms with Gasteiger partial charge in [0.15, 0.2) is 0 Å². The predicted molar refractivity (Wildman–Crippen MR) is 141 cm³/mol. The number of hydrogen-bond donors (Lipinski definition) is 0. The van der Waals surface area contributed by atoms with E-state index in [0.29, 0.717) is 13.0 Å². The first-order chi connectivity index (χ1) is 16.3. The Morgan fingerprint density at radius 1 is 0.758 bits per heavy atom. The van der Waals surface area contributed by atoms with Crippen LogP contribution in [0, 0.1) is 0 Å². The Balaban J connectivity index is 1.77. The van der Waals surface area contributed by atoms with Gasteiger partial charge in [-0.25, -0.2) is 0 Å². The van der Waals surface area contributed by atoms with E-state index in [2.05, 4.69) is 36.2 Å². The third kappa shape index (κ3) is 20.4. The van der Waals surface area contributed by atoms with Gasteiger partial charge in [-0.3, -0.25) is 9.78 Å². The average molecular weight is 456 g/mol. The van der Waals surface area contributed by atoms with Crippen LogP contribution in [0.15, 0.2) is 48.8 Å². The molecule has 0 bridgehead atoms. The Labute approximate surface area is 204 Å². The summed E-state index contributed by atoms with van der Waals surface area (Å²) >= 11 is 0. The molecule has 33 heavy (non-hydrogen) atoms. The van der Waals surface area contributed by atoms with Crippen LogP contribution in [0.4, 0.5) is 0 Å². The van der Waals surface area contributed by atoms with E-state index in [1.807, 2.05) is 12.1 Å². The van der Waals surface area contributed by atoms with Crippen molar-refractivity contribution < 1.29 is 9.53 Å². The fourth-order valence-electron chi connectivity index (χ4n) is 3.82. The third-order valence-electron chi connectivity index (χ3n) is 5.92. The number of unbranched alkanes of at least 4 members (excludes halogenated alkanes) is 14. The second-order valence-corrected chi connectivity index (χ2v) is 9.11. The summed E-state index contributed by atoms with van der Waals surface area (Å²) in [4.78, 5) is 15.8. The molecule has 0 aliphatic rings. The third-order valence-corrected chi connectivity index (χ3v) is 5.92. The number of hydrogen-bond acceptors (Lipinski definition) is 3. The molecule has 0 N–H and O–H groups in total. The smallest absolute Gasteiger partial charge is 0.306 e. The molecular weight excluding hydrogens is 406 g/mol. The summed E-state index contributed by atoms with van der Waals surface area (Å²) in [6, 6.07) is 3.78. The molecule has 0 saturated heterocycles. The van der Waals surface area contributed by atoms with E-state index >= 15 is 0 Å². The van der Waals surface area contributed by atoms with Crippen molar-refractivity contribution in [2.24, 2.45) is 0 Å². The minimum absolute atomic E-state index is 0.108. The maximum atomic E-state index is 11.8. The number of aromatic nitrogens is 1. The Morgan fingerprint density at radius 2 is 1.27 bits per heavy atom. The zero-order valence-corrected chi connectivity index (χ0v) is 21.3. The highest BCUT2D eigenvalue weighted by molar-refractivity contribution is 5.69. The van der Waals surface area contributed by atoms with Crippen LogP contribution in [0.25, 0.3) is 0 Å². The van der Waals surface area contributed by atoms with Crippen molar-refractivity contribution in [3.8, 4) is 0 Å². The van der Waals surface area contributed by atoms with Gasteiger partial charge in [0.2, 0.25) is 0 Å². The molecular formula is C30H49NO2. The number of ether oxygens (including phenoxy) is 1. The standard InChI is InChI=1S/C30H49NO2/c1-2-3-4-5-6-7-8-9-10-11-12-13-14-15-16-17-18-19-20-21-22-25-30(32)33-28-29-24-23-26-31-27-29/h7-8,17-18,23-24,26-27H,2-6,9-16,19-22,25,28H2,1H3/b8-7-,18-17-. The average Bonchev–Trinajstić information content (AvgIpc) is 2.84. The Bertz CT molecular complexity index is 609. The lowest BCUT2D eigenvalue weighted by Gasteiger charge is -2.04. The molecule has 0 fully saturated rings. The maximum Gasteiger partial charge on any atom is 0.306 e. The van der Waals surface area contributed by atoms with E-state index in [9.17, 15) is 4.79 Å². The largest absolute Gasteiger partial charge is 0.461 e. The zero-order chi connectivity index (χ0) is 23.7. The molecule has 3 heteroatoms. The van der Waals surface area contributed by atoms with Crippen LogP contribution in [0.3, 0.4) is 0 Å². The second kappa shape index (κ2) is 23.3. The number of esters is 1. The van der Waals surface area contributed by atoms with Crippen molar-refractivity contribution in [2.75, 3.05) is 0 Å². The van der Waals surface area contributed by atoms with Crippen LogP contribution < -0.4 is 0 Å². The normalized spacial score (nSPS) is 11.5. The fraction of sp³-hybridized carbons (Fsp3) is 0.667. The van der Waals surface area contributed by atoms with E-state index < -0.39 is 0 Å². The topological polar surface area (TPSA) is 39.2 Å².